The molecular weight excluding hydrogens is 240 g/mol. The highest BCUT2D eigenvalue weighted by atomic mass is 35.5. The van der Waals surface area contributed by atoms with Crippen LogP contribution in [-0.2, 0) is 0 Å². The number of oxime groups is 1. The van der Waals surface area contributed by atoms with Crippen molar-refractivity contribution >= 4 is 28.8 Å². The molecule has 0 aliphatic rings. The second kappa shape index (κ2) is 4.33. The van der Waals surface area contributed by atoms with Gasteiger partial charge in [0.15, 0.2) is 0 Å². The first-order valence-electron chi connectivity index (χ1n) is 5.26. The van der Waals surface area contributed by atoms with Gasteiger partial charge in [-0.15, -0.1) is 0 Å². The average molecular weight is 253 g/mol. The van der Waals surface area contributed by atoms with Crippen LogP contribution in [0.3, 0.4) is 0 Å². The number of rotatable bonds is 2. The molecule has 0 radical (unpaired) electrons. The zero-order valence-corrected chi connectivity index (χ0v) is 10.6. The van der Waals surface area contributed by atoms with Gasteiger partial charge in [0.25, 0.3) is 0 Å². The van der Waals surface area contributed by atoms with Crippen molar-refractivity contribution in [3.8, 4) is 0 Å². The average Bonchev–Trinajstić information content (AvgIpc) is 2.54. The fourth-order valence-electron chi connectivity index (χ4n) is 2.09. The Hall–Kier alpha value is -1.62. The Balaban J connectivity index is 2.93. The molecule has 0 saturated heterocycles. The van der Waals surface area contributed by atoms with Gasteiger partial charge in [-0.05, 0) is 20.8 Å². The molecule has 5 nitrogen and oxygen atoms in total. The maximum atomic E-state index is 8.72. The third-order valence-corrected chi connectivity index (χ3v) is 3.02. The Labute approximate surface area is 104 Å². The molecule has 0 saturated carbocycles. The Bertz CT molecular complexity index is 589. The Kier molecular flexibility index (Phi) is 3.02. The van der Waals surface area contributed by atoms with Crippen LogP contribution in [0.15, 0.2) is 11.5 Å². The third kappa shape index (κ3) is 1.76. The van der Waals surface area contributed by atoms with Gasteiger partial charge in [0.1, 0.15) is 17.1 Å². The fraction of sp³-hybridized carbons (Fsp3) is 0.364. The van der Waals surface area contributed by atoms with Crippen molar-refractivity contribution in [2.24, 2.45) is 5.16 Å². The predicted molar refractivity (Wildman–Crippen MR) is 67.0 cm³/mol. The van der Waals surface area contributed by atoms with E-state index in [9.17, 15) is 0 Å². The van der Waals surface area contributed by atoms with Gasteiger partial charge >= 0.3 is 0 Å². The molecule has 0 aliphatic heterocycles. The first kappa shape index (κ1) is 11.9. The van der Waals surface area contributed by atoms with Crippen molar-refractivity contribution in [1.82, 2.24) is 14.5 Å². The van der Waals surface area contributed by atoms with Crippen LogP contribution in [0.1, 0.15) is 31.1 Å². The summed E-state index contributed by atoms with van der Waals surface area (Å²) in [7, 11) is 0. The predicted octanol–water partition coefficient (Wildman–Crippen LogP) is 2.78. The van der Waals surface area contributed by atoms with Gasteiger partial charge < -0.3 is 9.77 Å². The lowest BCUT2D eigenvalue weighted by molar-refractivity contribution is 0.322. The summed E-state index contributed by atoms with van der Waals surface area (Å²) in [6, 6.07) is 0.240. The molecule has 17 heavy (non-hydrogen) atoms. The van der Waals surface area contributed by atoms with Gasteiger partial charge in [0.2, 0.25) is 0 Å². The molecule has 0 unspecified atom stereocenters. The highest BCUT2D eigenvalue weighted by Gasteiger charge is 2.18. The second-order valence-corrected chi connectivity index (χ2v) is 4.43. The molecule has 2 rings (SSSR count). The van der Waals surface area contributed by atoms with Crippen LogP contribution >= 0.6 is 11.6 Å². The van der Waals surface area contributed by atoms with Crippen LogP contribution in [0.25, 0.3) is 11.0 Å². The third-order valence-electron chi connectivity index (χ3n) is 2.73. The monoisotopic (exact) mass is 252 g/mol. The van der Waals surface area contributed by atoms with E-state index < -0.39 is 0 Å². The molecule has 6 heteroatoms. The molecule has 2 aromatic heterocycles. The molecule has 2 heterocycles. The van der Waals surface area contributed by atoms with Gasteiger partial charge in [-0.25, -0.2) is 9.97 Å². The van der Waals surface area contributed by atoms with Crippen molar-refractivity contribution in [2.45, 2.75) is 26.8 Å². The highest BCUT2D eigenvalue weighted by Crippen LogP contribution is 2.30. The first-order chi connectivity index (χ1) is 8.07. The van der Waals surface area contributed by atoms with E-state index in [-0.39, 0.29) is 6.04 Å². The van der Waals surface area contributed by atoms with Crippen LogP contribution in [0, 0.1) is 6.92 Å². The zero-order valence-electron chi connectivity index (χ0n) is 9.85. The normalized spacial score (nSPS) is 12.1. The van der Waals surface area contributed by atoms with E-state index in [0.717, 1.165) is 22.3 Å². The lowest BCUT2D eigenvalue weighted by Gasteiger charge is -2.11. The smallest absolute Gasteiger partial charge is 0.145 e. The standard InChI is InChI=1S/C11H13ClN4O/c1-6(2)16-7(3)8(4-15-17)9-10(12)13-5-14-11(9)16/h4-6,17H,1-3H3. The van der Waals surface area contributed by atoms with Crippen LogP contribution in [0.2, 0.25) is 5.15 Å². The number of nitrogens with zero attached hydrogens (tertiary/aromatic N) is 4. The van der Waals surface area contributed by atoms with E-state index in [1.165, 1.54) is 12.5 Å². The molecule has 0 atom stereocenters. The largest absolute Gasteiger partial charge is 0.411 e. The lowest BCUT2D eigenvalue weighted by Crippen LogP contribution is -2.04. The summed E-state index contributed by atoms with van der Waals surface area (Å²) in [4.78, 5) is 8.21. The fourth-order valence-corrected chi connectivity index (χ4v) is 2.32. The highest BCUT2D eigenvalue weighted by molar-refractivity contribution is 6.35. The Morgan fingerprint density at radius 1 is 1.47 bits per heavy atom. The minimum Gasteiger partial charge on any atom is -0.411 e. The van der Waals surface area contributed by atoms with E-state index in [1.807, 2.05) is 11.5 Å². The molecule has 0 spiro atoms. The van der Waals surface area contributed by atoms with Crippen LogP contribution in [-0.4, -0.2) is 26.0 Å². The number of fused-ring (bicyclic) bond motifs is 1. The number of aromatic nitrogens is 3. The summed E-state index contributed by atoms with van der Waals surface area (Å²) in [5, 5.41) is 12.9. The van der Waals surface area contributed by atoms with E-state index in [4.69, 9.17) is 16.8 Å². The van der Waals surface area contributed by atoms with E-state index in [0.29, 0.717) is 5.15 Å². The molecule has 1 N–H and O–H groups in total. The first-order valence-corrected chi connectivity index (χ1v) is 5.64. The minimum absolute atomic E-state index is 0.240. The van der Waals surface area contributed by atoms with Crippen molar-refractivity contribution in [3.05, 3.63) is 22.7 Å². The Morgan fingerprint density at radius 3 is 2.76 bits per heavy atom. The summed E-state index contributed by atoms with van der Waals surface area (Å²) < 4.78 is 2.04. The van der Waals surface area contributed by atoms with Crippen LogP contribution in [0.5, 0.6) is 0 Å². The van der Waals surface area contributed by atoms with E-state index in [1.54, 1.807) is 0 Å². The minimum atomic E-state index is 0.240. The van der Waals surface area contributed by atoms with Crippen LogP contribution in [0.4, 0.5) is 0 Å². The molecule has 0 aliphatic carbocycles. The maximum Gasteiger partial charge on any atom is 0.145 e. The Morgan fingerprint density at radius 2 is 2.18 bits per heavy atom. The molecule has 0 fully saturated rings. The topological polar surface area (TPSA) is 63.3 Å². The SMILES string of the molecule is Cc1c(C=NO)c2c(Cl)ncnc2n1C(C)C. The second-order valence-electron chi connectivity index (χ2n) is 4.07. The molecule has 2 aromatic rings. The summed E-state index contributed by atoms with van der Waals surface area (Å²) >= 11 is 6.08. The van der Waals surface area contributed by atoms with Crippen molar-refractivity contribution in [2.75, 3.05) is 0 Å². The number of hydrogen-bond donors (Lipinski definition) is 1. The molecule has 0 aromatic carbocycles. The van der Waals surface area contributed by atoms with Crippen molar-refractivity contribution in [1.29, 1.82) is 0 Å². The van der Waals surface area contributed by atoms with Gasteiger partial charge in [0, 0.05) is 17.3 Å². The quantitative estimate of drug-likeness (QED) is 0.387. The van der Waals surface area contributed by atoms with Gasteiger partial charge in [-0.2, -0.15) is 0 Å². The summed E-state index contributed by atoms with van der Waals surface area (Å²) in [6.07, 6.45) is 2.80. The van der Waals surface area contributed by atoms with E-state index >= 15 is 0 Å². The summed E-state index contributed by atoms with van der Waals surface area (Å²) in [6.45, 7) is 6.06. The number of hydrogen-bond acceptors (Lipinski definition) is 4. The molecule has 0 amide bonds. The van der Waals surface area contributed by atoms with Gasteiger partial charge in [-0.1, -0.05) is 16.8 Å². The molecule has 0 bridgehead atoms. The van der Waals surface area contributed by atoms with Crippen LogP contribution < -0.4 is 0 Å². The van der Waals surface area contributed by atoms with Gasteiger partial charge in [0.05, 0.1) is 11.6 Å². The van der Waals surface area contributed by atoms with E-state index in [2.05, 4.69) is 29.0 Å². The summed E-state index contributed by atoms with van der Waals surface area (Å²) in [5.41, 5.74) is 2.46. The van der Waals surface area contributed by atoms with Gasteiger partial charge in [-0.3, -0.25) is 0 Å². The number of halogens is 1. The lowest BCUT2D eigenvalue weighted by atomic mass is 10.2. The summed E-state index contributed by atoms with van der Waals surface area (Å²) in [5.74, 6) is 0. The molecular formula is C11H13ClN4O. The zero-order chi connectivity index (χ0) is 12.6. The van der Waals surface area contributed by atoms with Crippen molar-refractivity contribution in [3.63, 3.8) is 0 Å². The molecule has 90 valence electrons. The maximum absolute atomic E-state index is 8.72. The van der Waals surface area contributed by atoms with Crippen molar-refractivity contribution < 1.29 is 5.21 Å².